The van der Waals surface area contributed by atoms with Crippen molar-refractivity contribution in [2.75, 3.05) is 13.1 Å². The van der Waals surface area contributed by atoms with Gasteiger partial charge in [0.05, 0.1) is 6.04 Å². The maximum atomic E-state index is 12.7. The first-order chi connectivity index (χ1) is 12.1. The zero-order chi connectivity index (χ0) is 17.8. The van der Waals surface area contributed by atoms with Gasteiger partial charge in [0.25, 0.3) is 5.91 Å². The van der Waals surface area contributed by atoms with Gasteiger partial charge in [-0.25, -0.2) is 4.98 Å². The van der Waals surface area contributed by atoms with Gasteiger partial charge < -0.3 is 14.7 Å². The summed E-state index contributed by atoms with van der Waals surface area (Å²) in [5.74, 6) is 1.92. The van der Waals surface area contributed by atoms with Crippen LogP contribution in [-0.2, 0) is 13.0 Å². The number of nitrogens with one attached hydrogen (secondary N) is 2. The van der Waals surface area contributed by atoms with Gasteiger partial charge in [-0.05, 0) is 45.3 Å². The van der Waals surface area contributed by atoms with Crippen LogP contribution in [0.2, 0.25) is 0 Å². The summed E-state index contributed by atoms with van der Waals surface area (Å²) < 4.78 is 5.85. The first-order valence-corrected chi connectivity index (χ1v) is 9.27. The number of aromatic amines is 1. The Bertz CT molecular complexity index is 713. The number of carbonyl (C=O) groups is 1. The number of nitrogens with zero attached hydrogens (tertiary/aromatic N) is 2. The van der Waals surface area contributed by atoms with Gasteiger partial charge in [0.1, 0.15) is 11.6 Å². The number of aryl methyl sites for hydroxylation is 2. The monoisotopic (exact) mass is 344 g/mol. The Morgan fingerprint density at radius 1 is 1.40 bits per heavy atom. The second kappa shape index (κ2) is 7.87. The summed E-state index contributed by atoms with van der Waals surface area (Å²) in [4.78, 5) is 22.6. The van der Waals surface area contributed by atoms with Crippen LogP contribution in [0.5, 0.6) is 0 Å². The van der Waals surface area contributed by atoms with Crippen molar-refractivity contribution in [3.05, 3.63) is 40.9 Å². The number of H-pyrrole nitrogens is 1. The summed E-state index contributed by atoms with van der Waals surface area (Å²) in [6.07, 6.45) is 5.85. The predicted octanol–water partition coefficient (Wildman–Crippen LogP) is 3.35. The molecule has 136 valence electrons. The molecule has 3 heterocycles. The molecule has 0 aliphatic carbocycles. The van der Waals surface area contributed by atoms with Gasteiger partial charge in [0.2, 0.25) is 0 Å². The lowest BCUT2D eigenvalue weighted by Crippen LogP contribution is -2.28. The van der Waals surface area contributed by atoms with E-state index in [2.05, 4.69) is 27.1 Å². The molecule has 0 bridgehead atoms. The zero-order valence-corrected chi connectivity index (χ0v) is 15.4. The Hall–Kier alpha value is -2.08. The van der Waals surface area contributed by atoms with Crippen LogP contribution in [0.25, 0.3) is 0 Å². The largest absolute Gasteiger partial charge is 0.456 e. The average Bonchev–Trinajstić information content (AvgIpc) is 3.34. The highest BCUT2D eigenvalue weighted by molar-refractivity contribution is 5.92. The number of hydrogen-bond acceptors (Lipinski definition) is 4. The molecule has 1 unspecified atom stereocenters. The molecule has 2 aromatic rings. The summed E-state index contributed by atoms with van der Waals surface area (Å²) in [5, 5.41) is 3.03. The van der Waals surface area contributed by atoms with Crippen LogP contribution in [0.3, 0.4) is 0 Å². The van der Waals surface area contributed by atoms with Crippen molar-refractivity contribution in [3.8, 4) is 0 Å². The molecule has 0 spiro atoms. The van der Waals surface area contributed by atoms with Crippen molar-refractivity contribution in [3.63, 3.8) is 0 Å². The first-order valence-electron chi connectivity index (χ1n) is 9.27. The van der Waals surface area contributed by atoms with Crippen molar-refractivity contribution in [2.24, 2.45) is 0 Å². The summed E-state index contributed by atoms with van der Waals surface area (Å²) in [5.41, 5.74) is 2.12. The number of likely N-dealkylation sites (tertiary alicyclic amines) is 1. The van der Waals surface area contributed by atoms with E-state index in [-0.39, 0.29) is 11.9 Å². The van der Waals surface area contributed by atoms with Gasteiger partial charge in [-0.2, -0.15) is 0 Å². The lowest BCUT2D eigenvalue weighted by Gasteiger charge is -2.13. The highest BCUT2D eigenvalue weighted by Gasteiger charge is 2.22. The second-order valence-corrected chi connectivity index (χ2v) is 6.78. The van der Waals surface area contributed by atoms with E-state index in [1.54, 1.807) is 6.20 Å². The molecule has 1 aliphatic rings. The van der Waals surface area contributed by atoms with Crippen LogP contribution in [-0.4, -0.2) is 33.9 Å². The van der Waals surface area contributed by atoms with Gasteiger partial charge in [-0.1, -0.05) is 13.8 Å². The second-order valence-electron chi connectivity index (χ2n) is 6.78. The number of rotatable bonds is 7. The molecule has 1 fully saturated rings. The third-order valence-corrected chi connectivity index (χ3v) is 4.80. The van der Waals surface area contributed by atoms with Gasteiger partial charge >= 0.3 is 0 Å². The Kier molecular flexibility index (Phi) is 5.58. The molecule has 6 heteroatoms. The maximum absolute atomic E-state index is 12.7. The van der Waals surface area contributed by atoms with Crippen molar-refractivity contribution in [2.45, 2.75) is 59.0 Å². The minimum absolute atomic E-state index is 0.140. The van der Waals surface area contributed by atoms with Crippen LogP contribution < -0.4 is 5.32 Å². The summed E-state index contributed by atoms with van der Waals surface area (Å²) >= 11 is 0. The molecular weight excluding hydrogens is 316 g/mol. The van der Waals surface area contributed by atoms with Gasteiger partial charge in [0.15, 0.2) is 5.76 Å². The molecule has 3 rings (SSSR count). The quantitative estimate of drug-likeness (QED) is 0.808. The molecule has 0 saturated carbocycles. The standard InChI is InChI=1S/C19H28N4O2/c1-4-15(18-20-11-13(3)21-18)22-19(24)17-10-14(16(5-2)25-17)12-23-8-6-7-9-23/h10-11,15H,4-9,12H2,1-3H3,(H,20,21)(H,22,24). The van der Waals surface area contributed by atoms with E-state index in [0.29, 0.717) is 5.76 Å². The van der Waals surface area contributed by atoms with Crippen LogP contribution in [0.4, 0.5) is 0 Å². The number of imidazole rings is 1. The Balaban J connectivity index is 1.71. The molecular formula is C19H28N4O2. The molecule has 25 heavy (non-hydrogen) atoms. The smallest absolute Gasteiger partial charge is 0.287 e. The number of amides is 1. The highest BCUT2D eigenvalue weighted by Crippen LogP contribution is 2.22. The number of aromatic nitrogens is 2. The number of furan rings is 1. The summed E-state index contributed by atoms with van der Waals surface area (Å²) in [7, 11) is 0. The van der Waals surface area contributed by atoms with E-state index in [0.717, 1.165) is 55.3 Å². The highest BCUT2D eigenvalue weighted by atomic mass is 16.4. The van der Waals surface area contributed by atoms with Crippen molar-refractivity contribution < 1.29 is 9.21 Å². The van der Waals surface area contributed by atoms with Gasteiger partial charge in [0, 0.05) is 30.4 Å². The van der Waals surface area contributed by atoms with Gasteiger partial charge in [-0.3, -0.25) is 9.69 Å². The molecule has 0 aromatic carbocycles. The minimum atomic E-state index is -0.178. The minimum Gasteiger partial charge on any atom is -0.456 e. The third-order valence-electron chi connectivity index (χ3n) is 4.80. The van der Waals surface area contributed by atoms with E-state index in [4.69, 9.17) is 4.42 Å². The Morgan fingerprint density at radius 3 is 2.76 bits per heavy atom. The van der Waals surface area contributed by atoms with Crippen LogP contribution >= 0.6 is 0 Å². The molecule has 2 N–H and O–H groups in total. The predicted molar refractivity (Wildman–Crippen MR) is 96.4 cm³/mol. The van der Waals surface area contributed by atoms with Crippen molar-refractivity contribution in [1.82, 2.24) is 20.2 Å². The zero-order valence-electron chi connectivity index (χ0n) is 15.4. The fraction of sp³-hybridized carbons (Fsp3) is 0.579. The van der Waals surface area contributed by atoms with E-state index in [1.165, 1.54) is 12.8 Å². The molecule has 2 aromatic heterocycles. The summed E-state index contributed by atoms with van der Waals surface area (Å²) in [6.45, 7) is 9.18. The SMILES string of the molecule is CCc1oc(C(=O)NC(CC)c2ncc(C)[nH]2)cc1CN1CCCC1. The molecule has 0 radical (unpaired) electrons. The Labute approximate surface area is 149 Å². The lowest BCUT2D eigenvalue weighted by atomic mass is 10.2. The molecule has 1 atom stereocenters. The number of carbonyl (C=O) groups excluding carboxylic acids is 1. The normalized spacial score (nSPS) is 16.3. The number of hydrogen-bond donors (Lipinski definition) is 2. The molecule has 6 nitrogen and oxygen atoms in total. The van der Waals surface area contributed by atoms with E-state index < -0.39 is 0 Å². The maximum Gasteiger partial charge on any atom is 0.287 e. The molecule has 1 aliphatic heterocycles. The first kappa shape index (κ1) is 17.7. The summed E-state index contributed by atoms with van der Waals surface area (Å²) in [6, 6.07) is 1.77. The third kappa shape index (κ3) is 4.12. The topological polar surface area (TPSA) is 74.2 Å². The van der Waals surface area contributed by atoms with Crippen LogP contribution in [0, 0.1) is 6.92 Å². The van der Waals surface area contributed by atoms with E-state index >= 15 is 0 Å². The fourth-order valence-corrected chi connectivity index (χ4v) is 3.40. The van der Waals surface area contributed by atoms with Crippen LogP contribution in [0.1, 0.15) is 72.5 Å². The van der Waals surface area contributed by atoms with E-state index in [9.17, 15) is 4.79 Å². The molecule has 1 amide bonds. The van der Waals surface area contributed by atoms with Crippen LogP contribution in [0.15, 0.2) is 16.7 Å². The van der Waals surface area contributed by atoms with Gasteiger partial charge in [-0.15, -0.1) is 0 Å². The van der Waals surface area contributed by atoms with E-state index in [1.807, 2.05) is 19.9 Å². The fourth-order valence-electron chi connectivity index (χ4n) is 3.40. The average molecular weight is 344 g/mol. The molecule has 1 saturated heterocycles. The van der Waals surface area contributed by atoms with Crippen molar-refractivity contribution in [1.29, 1.82) is 0 Å². The van der Waals surface area contributed by atoms with Crippen molar-refractivity contribution >= 4 is 5.91 Å². The lowest BCUT2D eigenvalue weighted by molar-refractivity contribution is 0.0904. The Morgan fingerprint density at radius 2 is 2.16 bits per heavy atom.